The lowest BCUT2D eigenvalue weighted by molar-refractivity contribution is -0.133. The fraction of sp³-hybridized carbons (Fsp3) is 0.311. The van der Waals surface area contributed by atoms with E-state index in [0.717, 1.165) is 39.8 Å². The van der Waals surface area contributed by atoms with Gasteiger partial charge in [0.2, 0.25) is 5.91 Å². The van der Waals surface area contributed by atoms with E-state index in [1.807, 2.05) is 30.3 Å². The van der Waals surface area contributed by atoms with Gasteiger partial charge in [-0.2, -0.15) is 0 Å². The van der Waals surface area contributed by atoms with Gasteiger partial charge in [-0.05, 0) is 103 Å². The highest BCUT2D eigenvalue weighted by Crippen LogP contribution is 2.44. The SMILES string of the molecule is CC(C)(C)OC(=O)N[C@@H](Cc1ccc(NC(=O)OCC2c3ccccc3-c3ccccc32)cc1)C(=O)N1CCC[C@H]1C1=CC(C(=O)c2ccc(F)cc2)CN=C1. The number of hydrogen-bond acceptors (Lipinski definition) is 7. The molecule has 1 saturated heterocycles. The third kappa shape index (κ3) is 8.72. The summed E-state index contributed by atoms with van der Waals surface area (Å²) < 4.78 is 24.8. The number of benzene rings is 4. The molecule has 1 aliphatic carbocycles. The van der Waals surface area contributed by atoms with Crippen LogP contribution in [0, 0.1) is 11.7 Å². The molecular formula is C45H45FN4O6. The van der Waals surface area contributed by atoms with Gasteiger partial charge in [-0.3, -0.25) is 19.9 Å². The molecule has 0 bridgehead atoms. The number of carbonyl (C=O) groups is 4. The van der Waals surface area contributed by atoms with E-state index in [2.05, 4.69) is 39.9 Å². The smallest absolute Gasteiger partial charge is 0.411 e. The summed E-state index contributed by atoms with van der Waals surface area (Å²) in [4.78, 5) is 59.8. The van der Waals surface area contributed by atoms with Crippen LogP contribution in [-0.4, -0.2) is 72.4 Å². The Morgan fingerprint density at radius 1 is 0.875 bits per heavy atom. The summed E-state index contributed by atoms with van der Waals surface area (Å²) in [5.41, 5.74) is 6.17. The average Bonchev–Trinajstić information content (AvgIpc) is 3.80. The number of aliphatic imine (C=N–C) groups is 1. The molecule has 11 heteroatoms. The molecule has 4 aromatic rings. The van der Waals surface area contributed by atoms with Crippen molar-refractivity contribution in [2.75, 3.05) is 25.0 Å². The summed E-state index contributed by atoms with van der Waals surface area (Å²) in [6, 6.07) is 27.5. The molecule has 0 radical (unpaired) electrons. The molecule has 56 heavy (non-hydrogen) atoms. The molecule has 4 aromatic carbocycles. The quantitative estimate of drug-likeness (QED) is 0.158. The van der Waals surface area contributed by atoms with Crippen molar-refractivity contribution in [1.82, 2.24) is 10.2 Å². The minimum atomic E-state index is -0.968. The molecule has 2 aliphatic heterocycles. The minimum Gasteiger partial charge on any atom is -0.448 e. The van der Waals surface area contributed by atoms with Crippen LogP contribution < -0.4 is 10.6 Å². The molecule has 0 aromatic heterocycles. The Labute approximate surface area is 325 Å². The number of fused-ring (bicyclic) bond motifs is 3. The fourth-order valence-corrected chi connectivity index (χ4v) is 7.72. The molecule has 2 N–H and O–H groups in total. The second kappa shape index (κ2) is 16.3. The van der Waals surface area contributed by atoms with E-state index < -0.39 is 35.6 Å². The summed E-state index contributed by atoms with van der Waals surface area (Å²) in [5, 5.41) is 5.60. The number of rotatable bonds is 10. The van der Waals surface area contributed by atoms with E-state index >= 15 is 0 Å². The zero-order valence-corrected chi connectivity index (χ0v) is 31.7. The molecule has 7 rings (SSSR count). The van der Waals surface area contributed by atoms with Crippen LogP contribution in [0.3, 0.4) is 0 Å². The van der Waals surface area contributed by atoms with Crippen LogP contribution in [0.1, 0.15) is 66.6 Å². The molecular weight excluding hydrogens is 712 g/mol. The van der Waals surface area contributed by atoms with Crippen LogP contribution in [0.2, 0.25) is 0 Å². The number of Topliss-reactive ketones (excluding diaryl/α,β-unsaturated/α-hetero) is 1. The topological polar surface area (TPSA) is 126 Å². The van der Waals surface area contributed by atoms with Crippen molar-refractivity contribution in [2.24, 2.45) is 10.9 Å². The highest BCUT2D eigenvalue weighted by Gasteiger charge is 2.37. The number of halogens is 1. The predicted octanol–water partition coefficient (Wildman–Crippen LogP) is 8.12. The molecule has 2 heterocycles. The maximum Gasteiger partial charge on any atom is 0.411 e. The predicted molar refractivity (Wildman–Crippen MR) is 212 cm³/mol. The molecule has 0 saturated carbocycles. The third-order valence-corrected chi connectivity index (χ3v) is 10.3. The van der Waals surface area contributed by atoms with E-state index in [4.69, 9.17) is 9.47 Å². The van der Waals surface area contributed by atoms with Crippen molar-refractivity contribution >= 4 is 35.8 Å². The number of alkyl carbamates (subject to hydrolysis) is 1. The number of ketones is 1. The van der Waals surface area contributed by atoms with Gasteiger partial charge in [-0.25, -0.2) is 14.0 Å². The number of dihydropyridines is 1. The molecule has 10 nitrogen and oxygen atoms in total. The molecule has 288 valence electrons. The van der Waals surface area contributed by atoms with Crippen molar-refractivity contribution in [1.29, 1.82) is 0 Å². The van der Waals surface area contributed by atoms with Crippen LogP contribution in [0.25, 0.3) is 11.1 Å². The normalized spacial score (nSPS) is 18.0. The van der Waals surface area contributed by atoms with Crippen molar-refractivity contribution in [3.05, 3.63) is 137 Å². The highest BCUT2D eigenvalue weighted by atomic mass is 19.1. The zero-order chi connectivity index (χ0) is 39.4. The van der Waals surface area contributed by atoms with E-state index in [1.165, 1.54) is 24.3 Å². The Hall–Kier alpha value is -6.10. The van der Waals surface area contributed by atoms with Gasteiger partial charge < -0.3 is 19.7 Å². The van der Waals surface area contributed by atoms with E-state index in [1.54, 1.807) is 56.2 Å². The maximum atomic E-state index is 14.3. The number of anilines is 1. The van der Waals surface area contributed by atoms with Crippen LogP contribution in [0.15, 0.2) is 114 Å². The van der Waals surface area contributed by atoms with Gasteiger partial charge in [0.1, 0.15) is 24.1 Å². The van der Waals surface area contributed by atoms with Gasteiger partial charge >= 0.3 is 12.2 Å². The lowest BCUT2D eigenvalue weighted by Crippen LogP contribution is -2.52. The minimum absolute atomic E-state index is 0.0651. The van der Waals surface area contributed by atoms with Gasteiger partial charge in [-0.1, -0.05) is 66.7 Å². The van der Waals surface area contributed by atoms with Crippen LogP contribution >= 0.6 is 0 Å². The van der Waals surface area contributed by atoms with Gasteiger partial charge in [0, 0.05) is 36.3 Å². The first-order valence-corrected chi connectivity index (χ1v) is 19.0. The third-order valence-electron chi connectivity index (χ3n) is 10.3. The summed E-state index contributed by atoms with van der Waals surface area (Å²) in [6.45, 7) is 6.15. The molecule has 1 unspecified atom stereocenters. The molecule has 1 fully saturated rings. The summed E-state index contributed by atoms with van der Waals surface area (Å²) in [6.07, 6.45) is 3.82. The Kier molecular flexibility index (Phi) is 11.1. The number of likely N-dealkylation sites (tertiary alicyclic amines) is 1. The molecule has 3 atom stereocenters. The molecule has 3 amide bonds. The number of nitrogens with one attached hydrogen (secondary N) is 2. The second-order valence-electron chi connectivity index (χ2n) is 15.4. The van der Waals surface area contributed by atoms with E-state index in [-0.39, 0.29) is 43.2 Å². The number of ether oxygens (including phenoxy) is 2. The lowest BCUT2D eigenvalue weighted by Gasteiger charge is -2.31. The first-order chi connectivity index (χ1) is 26.9. The second-order valence-corrected chi connectivity index (χ2v) is 15.4. The summed E-state index contributed by atoms with van der Waals surface area (Å²) in [5.74, 6) is -1.49. The van der Waals surface area contributed by atoms with Crippen LogP contribution in [0.4, 0.5) is 19.7 Å². The largest absolute Gasteiger partial charge is 0.448 e. The van der Waals surface area contributed by atoms with Gasteiger partial charge in [-0.15, -0.1) is 0 Å². The summed E-state index contributed by atoms with van der Waals surface area (Å²) in [7, 11) is 0. The Balaban J connectivity index is 1.02. The van der Waals surface area contributed by atoms with Crippen molar-refractivity contribution < 1.29 is 33.0 Å². The standard InChI is InChI=1S/C45H45FN4O6/c1-45(2,3)56-44(54)49-39(42(52)50-22-8-13-40(50)30-24-31(26-47-25-30)41(51)29-16-18-32(46)19-17-29)23-28-14-20-33(21-15-28)48-43(53)55-27-38-36-11-6-4-9-34(36)35-10-5-7-12-37(35)38/h4-7,9-12,14-21,24-25,31,38-40H,8,13,22-23,26-27H2,1-3H3,(H,48,53)(H,49,54)/t31?,39-,40-/m0/s1. The fourth-order valence-electron chi connectivity index (χ4n) is 7.72. The summed E-state index contributed by atoms with van der Waals surface area (Å²) >= 11 is 0. The van der Waals surface area contributed by atoms with Crippen molar-refractivity contribution in [3.8, 4) is 11.1 Å². The first-order valence-electron chi connectivity index (χ1n) is 19.0. The van der Waals surface area contributed by atoms with E-state index in [0.29, 0.717) is 24.2 Å². The van der Waals surface area contributed by atoms with Gasteiger partial charge in [0.15, 0.2) is 5.78 Å². The maximum absolute atomic E-state index is 14.3. The zero-order valence-electron chi connectivity index (χ0n) is 31.7. The van der Waals surface area contributed by atoms with Crippen LogP contribution in [-0.2, 0) is 20.7 Å². The monoisotopic (exact) mass is 756 g/mol. The Morgan fingerprint density at radius 3 is 2.20 bits per heavy atom. The lowest BCUT2D eigenvalue weighted by atomic mass is 9.91. The number of hydrogen-bond donors (Lipinski definition) is 2. The number of carbonyl (C=O) groups excluding carboxylic acids is 4. The highest BCUT2D eigenvalue weighted by molar-refractivity contribution is 6.00. The molecule has 3 aliphatic rings. The van der Waals surface area contributed by atoms with Gasteiger partial charge in [0.05, 0.1) is 18.5 Å². The Morgan fingerprint density at radius 2 is 1.54 bits per heavy atom. The Bertz CT molecular complexity index is 2130. The van der Waals surface area contributed by atoms with E-state index in [9.17, 15) is 23.6 Å². The average molecular weight is 757 g/mol. The number of amides is 3. The molecule has 0 spiro atoms. The van der Waals surface area contributed by atoms with Crippen molar-refractivity contribution in [2.45, 2.75) is 63.6 Å². The first kappa shape index (κ1) is 38.2. The van der Waals surface area contributed by atoms with Gasteiger partial charge in [0.25, 0.3) is 0 Å². The van der Waals surface area contributed by atoms with Crippen LogP contribution in [0.5, 0.6) is 0 Å². The van der Waals surface area contributed by atoms with Crippen molar-refractivity contribution in [3.63, 3.8) is 0 Å². The number of nitrogens with zero attached hydrogens (tertiary/aromatic N) is 2.